The molecule has 0 radical (unpaired) electrons. The molecule has 3 atom stereocenters. The third-order valence-corrected chi connectivity index (χ3v) is 3.77. The summed E-state index contributed by atoms with van der Waals surface area (Å²) in [4.78, 5) is 37.9. The van der Waals surface area contributed by atoms with E-state index in [9.17, 15) is 19.5 Å². The number of urea groups is 1. The highest BCUT2D eigenvalue weighted by Crippen LogP contribution is 2.22. The summed E-state index contributed by atoms with van der Waals surface area (Å²) in [6, 6.07) is -2.10. The van der Waals surface area contributed by atoms with Crippen molar-refractivity contribution >= 4 is 17.9 Å². The molecule has 0 spiro atoms. The second-order valence-corrected chi connectivity index (χ2v) is 5.09. The Bertz CT molecular complexity index is 421. The summed E-state index contributed by atoms with van der Waals surface area (Å²) >= 11 is 0. The largest absolute Gasteiger partial charge is 0.480 e. The molecule has 2 rings (SSSR count). The average molecular weight is 285 g/mol. The Morgan fingerprint density at radius 3 is 2.70 bits per heavy atom. The lowest BCUT2D eigenvalue weighted by molar-refractivity contribution is -0.141. The molecule has 2 aliphatic rings. The highest BCUT2D eigenvalue weighted by atomic mass is 16.4. The standard InChI is InChI=1S/C12H19N3O5/c1-2-8-10(17)13-3-4-14(8)12(20)15-6-7(16)5-9(15)11(18)19/h7-9,16H,2-6H2,1H3,(H,13,17)(H,18,19). The fourth-order valence-electron chi connectivity index (χ4n) is 2.77. The molecule has 2 fully saturated rings. The fourth-order valence-corrected chi connectivity index (χ4v) is 2.77. The van der Waals surface area contributed by atoms with E-state index < -0.39 is 30.2 Å². The molecular formula is C12H19N3O5. The zero-order valence-corrected chi connectivity index (χ0v) is 11.3. The zero-order valence-electron chi connectivity index (χ0n) is 11.3. The van der Waals surface area contributed by atoms with Gasteiger partial charge < -0.3 is 25.3 Å². The van der Waals surface area contributed by atoms with Gasteiger partial charge in [-0.25, -0.2) is 9.59 Å². The van der Waals surface area contributed by atoms with E-state index in [1.54, 1.807) is 6.92 Å². The van der Waals surface area contributed by atoms with Gasteiger partial charge in [0.1, 0.15) is 12.1 Å². The van der Waals surface area contributed by atoms with Gasteiger partial charge in [-0.1, -0.05) is 6.92 Å². The summed E-state index contributed by atoms with van der Waals surface area (Å²) in [6.07, 6.45) is -0.345. The summed E-state index contributed by atoms with van der Waals surface area (Å²) in [7, 11) is 0. The number of aliphatic hydroxyl groups is 1. The summed E-state index contributed by atoms with van der Waals surface area (Å²) < 4.78 is 0. The lowest BCUT2D eigenvalue weighted by Crippen LogP contribution is -2.60. The van der Waals surface area contributed by atoms with E-state index in [0.29, 0.717) is 19.5 Å². The smallest absolute Gasteiger partial charge is 0.326 e. The number of piperazine rings is 1. The van der Waals surface area contributed by atoms with Crippen molar-refractivity contribution in [2.24, 2.45) is 0 Å². The third kappa shape index (κ3) is 2.55. The van der Waals surface area contributed by atoms with Crippen LogP contribution in [-0.2, 0) is 9.59 Å². The van der Waals surface area contributed by atoms with E-state index in [0.717, 1.165) is 4.90 Å². The number of carbonyl (C=O) groups excluding carboxylic acids is 2. The molecule has 2 heterocycles. The minimum absolute atomic E-state index is 0.00957. The Labute approximate surface area is 116 Å². The van der Waals surface area contributed by atoms with Crippen molar-refractivity contribution in [3.8, 4) is 0 Å². The van der Waals surface area contributed by atoms with Crippen LogP contribution in [0.25, 0.3) is 0 Å². The SMILES string of the molecule is CCC1C(=O)NCCN1C(=O)N1CC(O)CC1C(=O)O. The number of carbonyl (C=O) groups is 3. The van der Waals surface area contributed by atoms with Crippen LogP contribution in [0.15, 0.2) is 0 Å². The molecule has 0 aliphatic carbocycles. The van der Waals surface area contributed by atoms with Crippen molar-refractivity contribution in [3.63, 3.8) is 0 Å². The van der Waals surface area contributed by atoms with Crippen LogP contribution in [-0.4, -0.2) is 75.7 Å². The first-order chi connectivity index (χ1) is 9.45. The maximum absolute atomic E-state index is 12.5. The Balaban J connectivity index is 2.16. The van der Waals surface area contributed by atoms with Gasteiger partial charge in [-0.05, 0) is 6.42 Å². The number of rotatable bonds is 2. The first-order valence-corrected chi connectivity index (χ1v) is 6.71. The highest BCUT2D eigenvalue weighted by Gasteiger charge is 2.43. The van der Waals surface area contributed by atoms with E-state index in [4.69, 9.17) is 5.11 Å². The molecule has 3 unspecified atom stereocenters. The number of aliphatic hydroxyl groups excluding tert-OH is 1. The molecule has 0 aromatic carbocycles. The second-order valence-electron chi connectivity index (χ2n) is 5.09. The molecular weight excluding hydrogens is 266 g/mol. The Morgan fingerprint density at radius 2 is 2.10 bits per heavy atom. The predicted octanol–water partition coefficient (Wildman–Crippen LogP) is -1.16. The fraction of sp³-hybridized carbons (Fsp3) is 0.750. The number of carboxylic acids is 1. The van der Waals surface area contributed by atoms with E-state index in [1.165, 1.54) is 4.90 Å². The van der Waals surface area contributed by atoms with Crippen molar-refractivity contribution < 1.29 is 24.6 Å². The molecule has 0 saturated carbocycles. The van der Waals surface area contributed by atoms with Gasteiger partial charge in [0.2, 0.25) is 5.91 Å². The van der Waals surface area contributed by atoms with Crippen molar-refractivity contribution in [2.75, 3.05) is 19.6 Å². The van der Waals surface area contributed by atoms with Crippen LogP contribution >= 0.6 is 0 Å². The normalized spacial score (nSPS) is 30.3. The summed E-state index contributed by atoms with van der Waals surface area (Å²) in [5.41, 5.74) is 0. The zero-order chi connectivity index (χ0) is 14.9. The van der Waals surface area contributed by atoms with Gasteiger partial charge in [-0.15, -0.1) is 0 Å². The Kier molecular flexibility index (Phi) is 4.12. The van der Waals surface area contributed by atoms with Crippen molar-refractivity contribution in [2.45, 2.75) is 38.0 Å². The summed E-state index contributed by atoms with van der Waals surface area (Å²) in [6.45, 7) is 2.49. The van der Waals surface area contributed by atoms with Gasteiger partial charge in [0, 0.05) is 26.1 Å². The monoisotopic (exact) mass is 285 g/mol. The topological polar surface area (TPSA) is 110 Å². The van der Waals surface area contributed by atoms with Crippen LogP contribution in [0.4, 0.5) is 4.79 Å². The van der Waals surface area contributed by atoms with Crippen molar-refractivity contribution in [1.29, 1.82) is 0 Å². The van der Waals surface area contributed by atoms with E-state index in [-0.39, 0.29) is 18.9 Å². The number of hydrogen-bond donors (Lipinski definition) is 3. The van der Waals surface area contributed by atoms with Gasteiger partial charge in [-0.2, -0.15) is 0 Å². The minimum Gasteiger partial charge on any atom is -0.480 e. The highest BCUT2D eigenvalue weighted by molar-refractivity contribution is 5.90. The maximum Gasteiger partial charge on any atom is 0.326 e. The number of β-amino-alcohol motifs (C(OH)–C–C–N with tert-alkyl or cyclic N) is 1. The molecule has 2 saturated heterocycles. The molecule has 0 bridgehead atoms. The number of likely N-dealkylation sites (tertiary alicyclic amines) is 1. The van der Waals surface area contributed by atoms with Gasteiger partial charge >= 0.3 is 12.0 Å². The van der Waals surface area contributed by atoms with Crippen LogP contribution in [0.2, 0.25) is 0 Å². The minimum atomic E-state index is -1.13. The molecule has 3 amide bonds. The Morgan fingerprint density at radius 1 is 1.40 bits per heavy atom. The van der Waals surface area contributed by atoms with Gasteiger partial charge in [0.15, 0.2) is 0 Å². The third-order valence-electron chi connectivity index (χ3n) is 3.77. The van der Waals surface area contributed by atoms with Gasteiger partial charge in [-0.3, -0.25) is 4.79 Å². The number of aliphatic carboxylic acids is 1. The van der Waals surface area contributed by atoms with E-state index in [2.05, 4.69) is 5.32 Å². The summed E-state index contributed by atoms with van der Waals surface area (Å²) in [5.74, 6) is -1.36. The van der Waals surface area contributed by atoms with Crippen LogP contribution in [0.3, 0.4) is 0 Å². The molecule has 2 aliphatic heterocycles. The van der Waals surface area contributed by atoms with Crippen molar-refractivity contribution in [1.82, 2.24) is 15.1 Å². The van der Waals surface area contributed by atoms with E-state index in [1.807, 2.05) is 0 Å². The van der Waals surface area contributed by atoms with Gasteiger partial charge in [0.25, 0.3) is 0 Å². The van der Waals surface area contributed by atoms with E-state index >= 15 is 0 Å². The molecule has 8 nitrogen and oxygen atoms in total. The first-order valence-electron chi connectivity index (χ1n) is 6.71. The number of carboxylic acid groups (broad SMARTS) is 1. The van der Waals surface area contributed by atoms with Crippen LogP contribution in [0.5, 0.6) is 0 Å². The van der Waals surface area contributed by atoms with Crippen LogP contribution < -0.4 is 5.32 Å². The molecule has 112 valence electrons. The maximum atomic E-state index is 12.5. The predicted molar refractivity (Wildman–Crippen MR) is 67.9 cm³/mol. The van der Waals surface area contributed by atoms with Crippen LogP contribution in [0, 0.1) is 0 Å². The number of amides is 3. The summed E-state index contributed by atoms with van der Waals surface area (Å²) in [5, 5.41) is 21.4. The molecule has 20 heavy (non-hydrogen) atoms. The number of nitrogens with zero attached hydrogens (tertiary/aromatic N) is 2. The first kappa shape index (κ1) is 14.6. The number of hydrogen-bond acceptors (Lipinski definition) is 4. The lowest BCUT2D eigenvalue weighted by Gasteiger charge is -2.37. The second kappa shape index (κ2) is 5.66. The molecule has 0 aromatic heterocycles. The number of nitrogens with one attached hydrogen (secondary N) is 1. The Hall–Kier alpha value is -1.83. The van der Waals surface area contributed by atoms with Crippen LogP contribution in [0.1, 0.15) is 19.8 Å². The molecule has 8 heteroatoms. The molecule has 3 N–H and O–H groups in total. The quantitative estimate of drug-likeness (QED) is 0.592. The lowest BCUT2D eigenvalue weighted by atomic mass is 10.1. The average Bonchev–Trinajstić information content (AvgIpc) is 2.80. The molecule has 0 aromatic rings. The van der Waals surface area contributed by atoms with Crippen molar-refractivity contribution in [3.05, 3.63) is 0 Å². The van der Waals surface area contributed by atoms with Gasteiger partial charge in [0.05, 0.1) is 6.10 Å².